The molecule has 2 fully saturated rings. The van der Waals surface area contributed by atoms with Crippen molar-refractivity contribution in [3.63, 3.8) is 0 Å². The molecular formula is C20H20Cl2N3O2+. The van der Waals surface area contributed by atoms with Gasteiger partial charge in [0.05, 0.1) is 49.0 Å². The highest BCUT2D eigenvalue weighted by Gasteiger charge is 2.46. The van der Waals surface area contributed by atoms with Crippen molar-refractivity contribution in [3.8, 4) is 0 Å². The van der Waals surface area contributed by atoms with Gasteiger partial charge in [-0.05, 0) is 30.3 Å². The number of nitrogens with zero attached hydrogens (tertiary/aromatic N) is 2. The number of para-hydroxylation sites is 1. The first-order valence-electron chi connectivity index (χ1n) is 9.01. The van der Waals surface area contributed by atoms with Crippen molar-refractivity contribution in [1.29, 1.82) is 0 Å². The molecule has 0 aromatic heterocycles. The normalized spacial score (nSPS) is 21.2. The first-order chi connectivity index (χ1) is 13.0. The molecule has 2 saturated heterocycles. The van der Waals surface area contributed by atoms with E-state index in [1.54, 1.807) is 24.3 Å². The lowest BCUT2D eigenvalue weighted by atomic mass is 10.1. The van der Waals surface area contributed by atoms with Crippen molar-refractivity contribution in [3.05, 3.63) is 58.6 Å². The number of halogens is 2. The zero-order valence-corrected chi connectivity index (χ0v) is 16.2. The number of piperazine rings is 1. The highest BCUT2D eigenvalue weighted by molar-refractivity contribution is 6.33. The van der Waals surface area contributed by atoms with E-state index >= 15 is 0 Å². The Hall–Kier alpha value is -2.08. The van der Waals surface area contributed by atoms with Gasteiger partial charge in [-0.1, -0.05) is 41.4 Å². The smallest absolute Gasteiger partial charge is 0.292 e. The number of carbonyl (C=O) groups excluding carboxylic acids is 2. The summed E-state index contributed by atoms with van der Waals surface area (Å²) in [4.78, 5) is 30.1. The third kappa shape index (κ3) is 3.55. The largest absolute Gasteiger partial charge is 0.359 e. The number of imide groups is 1. The van der Waals surface area contributed by atoms with Crippen LogP contribution in [0.25, 0.3) is 0 Å². The van der Waals surface area contributed by atoms with Crippen molar-refractivity contribution in [2.24, 2.45) is 0 Å². The molecule has 7 heteroatoms. The molecule has 0 spiro atoms. The van der Waals surface area contributed by atoms with Crippen molar-refractivity contribution in [2.45, 2.75) is 12.5 Å². The SMILES string of the molecule is O=C1C[C@H]([NH+]2CCN(c3ccccc3Cl)CC2)C(=O)N1c1cccc(Cl)c1. The Morgan fingerprint density at radius 3 is 2.41 bits per heavy atom. The number of rotatable bonds is 3. The van der Waals surface area contributed by atoms with E-state index in [0.717, 1.165) is 41.8 Å². The zero-order chi connectivity index (χ0) is 19.0. The van der Waals surface area contributed by atoms with Crippen LogP contribution in [-0.2, 0) is 9.59 Å². The summed E-state index contributed by atoms with van der Waals surface area (Å²) in [5, 5.41) is 1.25. The molecular weight excluding hydrogens is 385 g/mol. The molecule has 1 atom stereocenters. The second kappa shape index (κ2) is 7.50. The molecule has 0 unspecified atom stereocenters. The van der Waals surface area contributed by atoms with Crippen LogP contribution >= 0.6 is 23.2 Å². The van der Waals surface area contributed by atoms with Crippen LogP contribution in [-0.4, -0.2) is 44.0 Å². The van der Waals surface area contributed by atoms with Crippen LogP contribution in [0.4, 0.5) is 11.4 Å². The molecule has 2 heterocycles. The summed E-state index contributed by atoms with van der Waals surface area (Å²) < 4.78 is 0. The van der Waals surface area contributed by atoms with Crippen LogP contribution in [0.1, 0.15) is 6.42 Å². The molecule has 2 aromatic rings. The molecule has 4 rings (SSSR count). The monoisotopic (exact) mass is 404 g/mol. The Bertz CT molecular complexity index is 881. The Morgan fingerprint density at radius 1 is 0.963 bits per heavy atom. The minimum absolute atomic E-state index is 0.136. The van der Waals surface area contributed by atoms with E-state index < -0.39 is 0 Å². The third-order valence-electron chi connectivity index (χ3n) is 5.30. The number of quaternary nitrogens is 1. The van der Waals surface area contributed by atoms with Crippen molar-refractivity contribution >= 4 is 46.4 Å². The van der Waals surface area contributed by atoms with E-state index in [9.17, 15) is 9.59 Å². The third-order valence-corrected chi connectivity index (χ3v) is 5.86. The predicted octanol–water partition coefficient (Wildman–Crippen LogP) is 2.03. The van der Waals surface area contributed by atoms with Gasteiger partial charge in [-0.15, -0.1) is 0 Å². The van der Waals surface area contributed by atoms with Gasteiger partial charge in [0.2, 0.25) is 5.91 Å². The summed E-state index contributed by atoms with van der Waals surface area (Å²) in [7, 11) is 0. The number of amides is 2. The summed E-state index contributed by atoms with van der Waals surface area (Å²) in [5.74, 6) is -0.295. The number of hydrogen-bond donors (Lipinski definition) is 1. The standard InChI is InChI=1S/C20H19Cl2N3O2/c21-14-4-3-5-15(12-14)25-19(26)13-18(20(25)27)24-10-8-23(9-11-24)17-7-2-1-6-16(17)22/h1-7,12,18H,8-11,13H2/p+1/t18-/m0/s1. The van der Waals surface area contributed by atoms with Crippen molar-refractivity contribution in [1.82, 2.24) is 0 Å². The molecule has 2 aliphatic heterocycles. The Kier molecular flexibility index (Phi) is 5.08. The Labute approximate surface area is 168 Å². The molecule has 2 aliphatic rings. The first kappa shape index (κ1) is 18.3. The van der Waals surface area contributed by atoms with Gasteiger partial charge >= 0.3 is 0 Å². The van der Waals surface area contributed by atoms with E-state index in [0.29, 0.717) is 10.7 Å². The van der Waals surface area contributed by atoms with E-state index in [-0.39, 0.29) is 24.3 Å². The average molecular weight is 405 g/mol. The van der Waals surface area contributed by atoms with E-state index in [1.807, 2.05) is 24.3 Å². The fraction of sp³-hybridized carbons (Fsp3) is 0.300. The number of anilines is 2. The highest BCUT2D eigenvalue weighted by atomic mass is 35.5. The summed E-state index contributed by atoms with van der Waals surface area (Å²) in [6.45, 7) is 3.18. The number of hydrogen-bond acceptors (Lipinski definition) is 3. The molecule has 0 saturated carbocycles. The Balaban J connectivity index is 1.45. The van der Waals surface area contributed by atoms with Gasteiger partial charge in [-0.2, -0.15) is 0 Å². The lowest BCUT2D eigenvalue weighted by Gasteiger charge is -2.36. The summed E-state index contributed by atoms with van der Waals surface area (Å²) in [6.07, 6.45) is 0.243. The minimum Gasteiger partial charge on any atom is -0.359 e. The molecule has 27 heavy (non-hydrogen) atoms. The lowest BCUT2D eigenvalue weighted by molar-refractivity contribution is -0.915. The molecule has 2 aromatic carbocycles. The van der Waals surface area contributed by atoms with Gasteiger partial charge in [0.25, 0.3) is 5.91 Å². The summed E-state index contributed by atoms with van der Waals surface area (Å²) in [5.41, 5.74) is 1.57. The van der Waals surface area contributed by atoms with Crippen LogP contribution in [0.5, 0.6) is 0 Å². The second-order valence-corrected chi connectivity index (χ2v) is 7.74. The maximum atomic E-state index is 12.9. The number of nitrogens with one attached hydrogen (secondary N) is 1. The van der Waals surface area contributed by atoms with Gasteiger partial charge in [-0.25, -0.2) is 4.90 Å². The van der Waals surface area contributed by atoms with Crippen molar-refractivity contribution in [2.75, 3.05) is 36.0 Å². The van der Waals surface area contributed by atoms with Gasteiger partial charge < -0.3 is 9.80 Å². The highest BCUT2D eigenvalue weighted by Crippen LogP contribution is 2.26. The summed E-state index contributed by atoms with van der Waals surface area (Å²) >= 11 is 12.3. The molecule has 140 valence electrons. The lowest BCUT2D eigenvalue weighted by Crippen LogP contribution is -3.19. The van der Waals surface area contributed by atoms with Gasteiger partial charge in [-0.3, -0.25) is 9.59 Å². The van der Waals surface area contributed by atoms with Crippen molar-refractivity contribution < 1.29 is 14.5 Å². The first-order valence-corrected chi connectivity index (χ1v) is 9.76. The second-order valence-electron chi connectivity index (χ2n) is 6.90. The molecule has 0 bridgehead atoms. The minimum atomic E-state index is -0.329. The zero-order valence-electron chi connectivity index (χ0n) is 14.7. The van der Waals surface area contributed by atoms with Crippen LogP contribution in [0.3, 0.4) is 0 Å². The van der Waals surface area contributed by atoms with Crippen LogP contribution < -0.4 is 14.7 Å². The van der Waals surface area contributed by atoms with E-state index in [2.05, 4.69) is 4.90 Å². The van der Waals surface area contributed by atoms with E-state index in [4.69, 9.17) is 23.2 Å². The van der Waals surface area contributed by atoms with Crippen LogP contribution in [0.15, 0.2) is 48.5 Å². The topological polar surface area (TPSA) is 45.1 Å². The number of benzene rings is 2. The fourth-order valence-corrected chi connectivity index (χ4v) is 4.37. The molecule has 0 aliphatic carbocycles. The average Bonchev–Trinajstić information content (AvgIpc) is 2.96. The number of carbonyl (C=O) groups is 2. The predicted molar refractivity (Wildman–Crippen MR) is 107 cm³/mol. The maximum Gasteiger partial charge on any atom is 0.292 e. The molecule has 2 amide bonds. The quantitative estimate of drug-likeness (QED) is 0.796. The fourth-order valence-electron chi connectivity index (χ4n) is 3.93. The molecule has 0 radical (unpaired) electrons. The maximum absolute atomic E-state index is 12.9. The van der Waals surface area contributed by atoms with Crippen LogP contribution in [0.2, 0.25) is 10.0 Å². The summed E-state index contributed by atoms with van der Waals surface area (Å²) in [6, 6.07) is 14.3. The molecule has 5 nitrogen and oxygen atoms in total. The van der Waals surface area contributed by atoms with Crippen LogP contribution in [0, 0.1) is 0 Å². The van der Waals surface area contributed by atoms with Gasteiger partial charge in [0.15, 0.2) is 6.04 Å². The van der Waals surface area contributed by atoms with Gasteiger partial charge in [0.1, 0.15) is 0 Å². The van der Waals surface area contributed by atoms with Gasteiger partial charge in [0, 0.05) is 5.02 Å². The molecule has 1 N–H and O–H groups in total. The Morgan fingerprint density at radius 2 is 1.70 bits per heavy atom. The van der Waals surface area contributed by atoms with E-state index in [1.165, 1.54) is 4.90 Å².